The Kier molecular flexibility index (Phi) is 5.27. The highest BCUT2D eigenvalue weighted by Crippen LogP contribution is 2.20. The average molecular weight is 367 g/mol. The third-order valence-electron chi connectivity index (χ3n) is 6.07. The standard InChI is InChI=1S/C21H29N5O/c1-16-17(2)22-23-20(16)21(27)26-12-10-25(11-13-26)19-8-9-24(15-19)14-18-6-4-3-5-7-18/h3-7,19H,8-15H2,1-2H3,(H,22,23). The number of hydrogen-bond donors (Lipinski definition) is 1. The highest BCUT2D eigenvalue weighted by atomic mass is 16.2. The van der Waals surface area contributed by atoms with Crippen LogP contribution < -0.4 is 0 Å². The summed E-state index contributed by atoms with van der Waals surface area (Å²) in [5.74, 6) is 0.0635. The molecule has 0 spiro atoms. The van der Waals surface area contributed by atoms with Gasteiger partial charge >= 0.3 is 0 Å². The zero-order valence-electron chi connectivity index (χ0n) is 16.3. The topological polar surface area (TPSA) is 55.5 Å². The summed E-state index contributed by atoms with van der Waals surface area (Å²) in [5.41, 5.74) is 3.91. The van der Waals surface area contributed by atoms with Crippen LogP contribution in [0.5, 0.6) is 0 Å². The van der Waals surface area contributed by atoms with Crippen molar-refractivity contribution in [2.45, 2.75) is 32.9 Å². The van der Waals surface area contributed by atoms with Crippen molar-refractivity contribution in [3.8, 4) is 0 Å². The molecule has 27 heavy (non-hydrogen) atoms. The zero-order valence-corrected chi connectivity index (χ0v) is 16.3. The molecule has 4 rings (SSSR count). The predicted octanol–water partition coefficient (Wildman–Crippen LogP) is 2.06. The second kappa shape index (κ2) is 7.82. The molecule has 144 valence electrons. The molecule has 1 atom stereocenters. The number of aryl methyl sites for hydroxylation is 1. The summed E-state index contributed by atoms with van der Waals surface area (Å²) in [7, 11) is 0. The second-order valence-electron chi connectivity index (χ2n) is 7.81. The van der Waals surface area contributed by atoms with E-state index in [4.69, 9.17) is 0 Å². The van der Waals surface area contributed by atoms with E-state index in [1.165, 1.54) is 12.0 Å². The number of likely N-dealkylation sites (tertiary alicyclic amines) is 1. The van der Waals surface area contributed by atoms with E-state index in [1.54, 1.807) is 0 Å². The Labute approximate surface area is 161 Å². The third kappa shape index (κ3) is 3.92. The molecule has 0 radical (unpaired) electrons. The van der Waals surface area contributed by atoms with Crippen molar-refractivity contribution in [3.05, 3.63) is 52.8 Å². The minimum Gasteiger partial charge on any atom is -0.335 e. The number of aromatic nitrogens is 2. The first-order chi connectivity index (χ1) is 13.1. The van der Waals surface area contributed by atoms with Crippen LogP contribution in [0.25, 0.3) is 0 Å². The van der Waals surface area contributed by atoms with E-state index in [0.29, 0.717) is 11.7 Å². The molecule has 1 N–H and O–H groups in total. The molecule has 2 aliphatic rings. The largest absolute Gasteiger partial charge is 0.335 e. The van der Waals surface area contributed by atoms with Gasteiger partial charge in [0.05, 0.1) is 0 Å². The Morgan fingerprint density at radius 1 is 1.11 bits per heavy atom. The smallest absolute Gasteiger partial charge is 0.274 e. The summed E-state index contributed by atoms with van der Waals surface area (Å²) in [6, 6.07) is 11.3. The van der Waals surface area contributed by atoms with Crippen molar-refractivity contribution in [2.24, 2.45) is 0 Å². The van der Waals surface area contributed by atoms with Crippen molar-refractivity contribution >= 4 is 5.91 Å². The van der Waals surface area contributed by atoms with Crippen LogP contribution in [0.15, 0.2) is 30.3 Å². The maximum atomic E-state index is 12.7. The molecule has 1 unspecified atom stereocenters. The highest BCUT2D eigenvalue weighted by Gasteiger charge is 2.32. The Balaban J connectivity index is 1.28. The van der Waals surface area contributed by atoms with Crippen molar-refractivity contribution in [3.63, 3.8) is 0 Å². The van der Waals surface area contributed by atoms with Gasteiger partial charge in [-0.05, 0) is 25.8 Å². The molecule has 6 heteroatoms. The fourth-order valence-corrected chi connectivity index (χ4v) is 4.23. The van der Waals surface area contributed by atoms with Crippen molar-refractivity contribution < 1.29 is 4.79 Å². The number of hydrogen-bond acceptors (Lipinski definition) is 4. The monoisotopic (exact) mass is 367 g/mol. The molecule has 0 bridgehead atoms. The number of benzene rings is 1. The summed E-state index contributed by atoms with van der Waals surface area (Å²) in [5, 5.41) is 7.12. The number of carbonyl (C=O) groups excluding carboxylic acids is 1. The minimum atomic E-state index is 0.0635. The number of carbonyl (C=O) groups is 1. The van der Waals surface area contributed by atoms with E-state index >= 15 is 0 Å². The number of H-pyrrole nitrogens is 1. The number of nitrogens with one attached hydrogen (secondary N) is 1. The molecule has 1 aromatic heterocycles. The number of piperazine rings is 1. The minimum absolute atomic E-state index is 0.0635. The number of rotatable bonds is 4. The van der Waals surface area contributed by atoms with Gasteiger partial charge < -0.3 is 4.90 Å². The Hall–Kier alpha value is -2.18. The van der Waals surface area contributed by atoms with Crippen LogP contribution >= 0.6 is 0 Å². The maximum Gasteiger partial charge on any atom is 0.274 e. The maximum absolute atomic E-state index is 12.7. The van der Waals surface area contributed by atoms with Crippen LogP contribution in [0, 0.1) is 13.8 Å². The summed E-state index contributed by atoms with van der Waals surface area (Å²) in [4.78, 5) is 19.8. The first-order valence-electron chi connectivity index (χ1n) is 9.93. The normalized spacial score (nSPS) is 21.7. The summed E-state index contributed by atoms with van der Waals surface area (Å²) < 4.78 is 0. The van der Waals surface area contributed by atoms with Gasteiger partial charge in [-0.25, -0.2) is 0 Å². The lowest BCUT2D eigenvalue weighted by Crippen LogP contribution is -2.52. The van der Waals surface area contributed by atoms with Crippen molar-refractivity contribution in [2.75, 3.05) is 39.3 Å². The summed E-state index contributed by atoms with van der Waals surface area (Å²) in [6.07, 6.45) is 1.22. The molecule has 1 amide bonds. The van der Waals surface area contributed by atoms with E-state index in [0.717, 1.165) is 57.1 Å². The highest BCUT2D eigenvalue weighted by molar-refractivity contribution is 5.94. The molecule has 2 saturated heterocycles. The lowest BCUT2D eigenvalue weighted by atomic mass is 10.1. The Morgan fingerprint density at radius 2 is 1.85 bits per heavy atom. The van der Waals surface area contributed by atoms with Crippen LogP contribution in [-0.4, -0.2) is 76.1 Å². The molecule has 2 fully saturated rings. The van der Waals surface area contributed by atoms with Gasteiger partial charge in [0.25, 0.3) is 5.91 Å². The Bertz CT molecular complexity index is 779. The zero-order chi connectivity index (χ0) is 18.8. The average Bonchev–Trinajstić information content (AvgIpc) is 3.29. The molecule has 2 aromatic rings. The van der Waals surface area contributed by atoms with Gasteiger partial charge in [0.1, 0.15) is 0 Å². The fraction of sp³-hybridized carbons (Fsp3) is 0.524. The van der Waals surface area contributed by atoms with Gasteiger partial charge in [0, 0.05) is 63.1 Å². The SMILES string of the molecule is Cc1[nH]nc(C(=O)N2CCN(C3CCN(Cc4ccccc4)C3)CC2)c1C. The molecule has 2 aliphatic heterocycles. The number of aromatic amines is 1. The van der Waals surface area contributed by atoms with Gasteiger partial charge in [-0.15, -0.1) is 0 Å². The lowest BCUT2D eigenvalue weighted by molar-refractivity contribution is 0.0567. The summed E-state index contributed by atoms with van der Waals surface area (Å²) >= 11 is 0. The van der Waals surface area contributed by atoms with Crippen LogP contribution in [0.2, 0.25) is 0 Å². The number of amides is 1. The number of nitrogens with zero attached hydrogens (tertiary/aromatic N) is 4. The van der Waals surface area contributed by atoms with Crippen molar-refractivity contribution in [1.29, 1.82) is 0 Å². The van der Waals surface area contributed by atoms with Gasteiger partial charge in [0.15, 0.2) is 5.69 Å². The van der Waals surface area contributed by atoms with Crippen LogP contribution in [0.1, 0.15) is 33.7 Å². The quantitative estimate of drug-likeness (QED) is 0.899. The third-order valence-corrected chi connectivity index (χ3v) is 6.07. The van der Waals surface area contributed by atoms with E-state index in [2.05, 4.69) is 50.3 Å². The molecule has 1 aromatic carbocycles. The van der Waals surface area contributed by atoms with E-state index in [-0.39, 0.29) is 5.91 Å². The van der Waals surface area contributed by atoms with E-state index in [9.17, 15) is 4.79 Å². The van der Waals surface area contributed by atoms with E-state index in [1.807, 2.05) is 18.7 Å². The van der Waals surface area contributed by atoms with Crippen molar-refractivity contribution in [1.82, 2.24) is 24.9 Å². The Morgan fingerprint density at radius 3 is 2.52 bits per heavy atom. The van der Waals surface area contributed by atoms with Gasteiger partial charge in [-0.3, -0.25) is 19.7 Å². The molecule has 6 nitrogen and oxygen atoms in total. The first kappa shape index (κ1) is 18.2. The lowest BCUT2D eigenvalue weighted by Gasteiger charge is -2.37. The molecule has 3 heterocycles. The summed E-state index contributed by atoms with van der Waals surface area (Å²) in [6.45, 7) is 10.7. The molecular formula is C21H29N5O. The second-order valence-corrected chi connectivity index (χ2v) is 7.81. The molecular weight excluding hydrogens is 338 g/mol. The predicted molar refractivity (Wildman–Crippen MR) is 106 cm³/mol. The van der Waals surface area contributed by atoms with E-state index < -0.39 is 0 Å². The van der Waals surface area contributed by atoms with Gasteiger partial charge in [-0.2, -0.15) is 5.10 Å². The van der Waals surface area contributed by atoms with Crippen LogP contribution in [-0.2, 0) is 6.54 Å². The van der Waals surface area contributed by atoms with Crippen LogP contribution in [0.3, 0.4) is 0 Å². The van der Waals surface area contributed by atoms with Crippen LogP contribution in [0.4, 0.5) is 0 Å². The molecule has 0 aliphatic carbocycles. The first-order valence-corrected chi connectivity index (χ1v) is 9.93. The van der Waals surface area contributed by atoms with Gasteiger partial charge in [-0.1, -0.05) is 30.3 Å². The fourth-order valence-electron chi connectivity index (χ4n) is 4.23. The molecule has 0 saturated carbocycles. The van der Waals surface area contributed by atoms with Gasteiger partial charge in [0.2, 0.25) is 0 Å².